The Hall–Kier alpha value is -5.89. The summed E-state index contributed by atoms with van der Waals surface area (Å²) in [7, 11) is 1.55. The molecule has 2 amide bonds. The molecule has 4 rings (SSSR count). The average Bonchev–Trinajstić information content (AvgIpc) is 3.16. The van der Waals surface area contributed by atoms with Gasteiger partial charge in [0, 0.05) is 46.2 Å². The van der Waals surface area contributed by atoms with Crippen molar-refractivity contribution in [1.82, 2.24) is 16.0 Å². The number of benzene rings is 4. The van der Waals surface area contributed by atoms with E-state index in [-0.39, 0.29) is 24.1 Å². The lowest BCUT2D eigenvalue weighted by Gasteiger charge is -2.16. The van der Waals surface area contributed by atoms with Gasteiger partial charge in [-0.2, -0.15) is 0 Å². The molecule has 53 heavy (non-hydrogen) atoms. The number of carbonyl (C=O) groups excluding carboxylic acids is 2. The van der Waals surface area contributed by atoms with Gasteiger partial charge in [-0.15, -0.1) is 0 Å². The summed E-state index contributed by atoms with van der Waals surface area (Å²) in [5, 5.41) is 25.4. The number of amides is 2. The predicted molar refractivity (Wildman–Crippen MR) is 209 cm³/mol. The number of aliphatic imine (C=N–C) groups is 2. The predicted octanol–water partition coefficient (Wildman–Crippen LogP) is 5.81. The number of nitrogens with zero attached hydrogens (tertiary/aromatic N) is 2. The fourth-order valence-corrected chi connectivity index (χ4v) is 4.85. The molecule has 0 aliphatic heterocycles. The summed E-state index contributed by atoms with van der Waals surface area (Å²) in [5.41, 5.74) is 3.25. The zero-order valence-electron chi connectivity index (χ0n) is 29.7. The molecule has 0 spiro atoms. The summed E-state index contributed by atoms with van der Waals surface area (Å²) in [6.07, 6.45) is 0. The smallest absolute Gasteiger partial charge is 0.251 e. The molecule has 0 aliphatic carbocycles. The first-order valence-electron chi connectivity index (χ1n) is 16.8. The van der Waals surface area contributed by atoms with E-state index in [9.17, 15) is 14.7 Å². The van der Waals surface area contributed by atoms with Crippen LogP contribution in [0.3, 0.4) is 0 Å². The Morgan fingerprint density at radius 3 is 2.15 bits per heavy atom. The molecule has 0 unspecified atom stereocenters. The fourth-order valence-electron chi connectivity index (χ4n) is 4.68. The van der Waals surface area contributed by atoms with Crippen LogP contribution in [0, 0.1) is 0 Å². The summed E-state index contributed by atoms with van der Waals surface area (Å²) in [6.45, 7) is 8.40. The van der Waals surface area contributed by atoms with Crippen molar-refractivity contribution >= 4 is 46.6 Å². The third-order valence-corrected chi connectivity index (χ3v) is 7.56. The molecule has 0 aromatic heterocycles. The van der Waals surface area contributed by atoms with E-state index < -0.39 is 0 Å². The number of phenolic OH excluding ortho intramolecular Hbond substituents is 1. The molecule has 4 aromatic rings. The van der Waals surface area contributed by atoms with E-state index in [2.05, 4.69) is 43.1 Å². The molecular weight excluding hydrogens is 698 g/mol. The second kappa shape index (κ2) is 21.5. The molecule has 13 nitrogen and oxygen atoms in total. The molecule has 14 heteroatoms. The second-order valence-electron chi connectivity index (χ2n) is 11.4. The SMILES string of the molecule is C=C(NC(=NC(C)=NCCOCCOCCNC(=O)c1ccccc1)Nc1ccc(O)cc1)Nc1ccc(C(=O)NCc2ccc(Cl)cc2OC)cc1. The van der Waals surface area contributed by atoms with Crippen LogP contribution in [0.15, 0.2) is 119 Å². The number of aromatic hydroxyl groups is 1. The number of halogens is 1. The van der Waals surface area contributed by atoms with Gasteiger partial charge in [0.2, 0.25) is 5.96 Å². The number of hydrogen-bond acceptors (Lipinski definition) is 8. The van der Waals surface area contributed by atoms with Crippen molar-refractivity contribution in [3.05, 3.63) is 131 Å². The molecule has 6 N–H and O–H groups in total. The number of hydrogen-bond donors (Lipinski definition) is 6. The Morgan fingerprint density at radius 1 is 0.792 bits per heavy atom. The van der Waals surface area contributed by atoms with E-state index in [4.69, 9.17) is 25.8 Å². The molecule has 0 bridgehead atoms. The first kappa shape index (κ1) is 39.9. The van der Waals surface area contributed by atoms with Crippen LogP contribution in [-0.4, -0.2) is 75.3 Å². The minimum atomic E-state index is -0.243. The molecule has 0 radical (unpaired) electrons. The number of phenols is 1. The van der Waals surface area contributed by atoms with Gasteiger partial charge in [-0.1, -0.05) is 42.4 Å². The van der Waals surface area contributed by atoms with Crippen LogP contribution in [0.2, 0.25) is 5.02 Å². The van der Waals surface area contributed by atoms with Crippen molar-refractivity contribution in [1.29, 1.82) is 0 Å². The van der Waals surface area contributed by atoms with Crippen molar-refractivity contribution in [2.45, 2.75) is 13.5 Å². The highest BCUT2D eigenvalue weighted by Crippen LogP contribution is 2.23. The minimum Gasteiger partial charge on any atom is -0.508 e. The van der Waals surface area contributed by atoms with E-state index in [1.165, 1.54) is 0 Å². The lowest BCUT2D eigenvalue weighted by Crippen LogP contribution is -2.33. The second-order valence-corrected chi connectivity index (χ2v) is 11.8. The summed E-state index contributed by atoms with van der Waals surface area (Å²) in [5.74, 6) is 1.56. The first-order valence-corrected chi connectivity index (χ1v) is 17.2. The topological polar surface area (TPSA) is 167 Å². The van der Waals surface area contributed by atoms with E-state index in [1.807, 2.05) is 24.3 Å². The van der Waals surface area contributed by atoms with E-state index in [0.717, 1.165) is 5.56 Å². The van der Waals surface area contributed by atoms with Gasteiger partial charge < -0.3 is 45.9 Å². The number of guanidine groups is 1. The van der Waals surface area contributed by atoms with Gasteiger partial charge in [0.25, 0.3) is 11.8 Å². The molecule has 0 fully saturated rings. The first-order chi connectivity index (χ1) is 25.7. The van der Waals surface area contributed by atoms with Crippen LogP contribution >= 0.6 is 11.6 Å². The average molecular weight is 742 g/mol. The molecular formula is C39H44ClN7O6. The number of nitrogens with one attached hydrogen (secondary N) is 5. The lowest BCUT2D eigenvalue weighted by atomic mass is 10.1. The number of amidine groups is 1. The Kier molecular flexibility index (Phi) is 16.2. The molecule has 4 aromatic carbocycles. The highest BCUT2D eigenvalue weighted by atomic mass is 35.5. The number of carbonyl (C=O) groups is 2. The number of ether oxygens (including phenoxy) is 3. The Labute approximate surface area is 314 Å². The van der Waals surface area contributed by atoms with Crippen LogP contribution in [0.1, 0.15) is 33.2 Å². The molecule has 0 saturated carbocycles. The van der Waals surface area contributed by atoms with Crippen LogP contribution in [0.4, 0.5) is 11.4 Å². The molecule has 0 saturated heterocycles. The molecule has 0 atom stereocenters. The van der Waals surface area contributed by atoms with Crippen molar-refractivity contribution in [2.24, 2.45) is 9.98 Å². The molecule has 0 aliphatic rings. The van der Waals surface area contributed by atoms with Gasteiger partial charge >= 0.3 is 0 Å². The minimum absolute atomic E-state index is 0.132. The van der Waals surface area contributed by atoms with E-state index >= 15 is 0 Å². The van der Waals surface area contributed by atoms with Crippen LogP contribution in [0.5, 0.6) is 11.5 Å². The third kappa shape index (κ3) is 14.3. The highest BCUT2D eigenvalue weighted by molar-refractivity contribution is 6.30. The van der Waals surface area contributed by atoms with Crippen LogP contribution in [-0.2, 0) is 16.0 Å². The summed E-state index contributed by atoms with van der Waals surface area (Å²) in [4.78, 5) is 33.9. The van der Waals surface area contributed by atoms with Gasteiger partial charge in [0.05, 0.1) is 40.1 Å². The van der Waals surface area contributed by atoms with Gasteiger partial charge in [-0.05, 0) is 79.7 Å². The van der Waals surface area contributed by atoms with Gasteiger partial charge in [-0.3, -0.25) is 14.6 Å². The van der Waals surface area contributed by atoms with Gasteiger partial charge in [0.1, 0.15) is 23.2 Å². The third-order valence-electron chi connectivity index (χ3n) is 7.32. The van der Waals surface area contributed by atoms with Crippen molar-refractivity contribution in [2.75, 3.05) is 57.3 Å². The largest absolute Gasteiger partial charge is 0.508 e. The van der Waals surface area contributed by atoms with E-state index in [0.29, 0.717) is 90.4 Å². The quantitative estimate of drug-likeness (QED) is 0.0320. The highest BCUT2D eigenvalue weighted by Gasteiger charge is 2.10. The monoisotopic (exact) mass is 741 g/mol. The zero-order valence-corrected chi connectivity index (χ0v) is 30.4. The van der Waals surface area contributed by atoms with Crippen molar-refractivity contribution in [3.63, 3.8) is 0 Å². The van der Waals surface area contributed by atoms with Crippen molar-refractivity contribution in [3.8, 4) is 11.5 Å². The molecule has 0 heterocycles. The standard InChI is InChI=1S/C39H44ClN7O6/c1-27(41-19-21-52-23-24-53-22-20-42-37(49)29-7-5-4-6-8-29)45-39(47-34-15-17-35(48)18-16-34)46-28(2)44-33-13-10-30(11-14-33)38(50)43-26-31-9-12-32(40)25-36(31)51-3/h4-18,25,44,48H,2,19-24,26H2,1,3H3,(H,42,49)(H,43,50)(H2,41,45,46,47). The zero-order chi connectivity index (χ0) is 37.8. The Bertz CT molecular complexity index is 1850. The summed E-state index contributed by atoms with van der Waals surface area (Å²) in [6, 6.07) is 27.7. The Morgan fingerprint density at radius 2 is 1.43 bits per heavy atom. The van der Waals surface area contributed by atoms with Crippen molar-refractivity contribution < 1.29 is 28.9 Å². The maximum Gasteiger partial charge on any atom is 0.251 e. The van der Waals surface area contributed by atoms with E-state index in [1.54, 1.807) is 86.8 Å². The normalized spacial score (nSPS) is 11.4. The summed E-state index contributed by atoms with van der Waals surface area (Å²) >= 11 is 6.04. The number of methoxy groups -OCH3 is 1. The lowest BCUT2D eigenvalue weighted by molar-refractivity contribution is 0.0512. The van der Waals surface area contributed by atoms with Gasteiger partial charge in [-0.25, -0.2) is 4.99 Å². The number of rotatable bonds is 18. The molecule has 278 valence electrons. The fraction of sp³-hybridized carbons (Fsp3) is 0.231. The Balaban J connectivity index is 1.22. The number of anilines is 2. The maximum absolute atomic E-state index is 12.8. The maximum atomic E-state index is 12.8. The summed E-state index contributed by atoms with van der Waals surface area (Å²) < 4.78 is 16.5. The van der Waals surface area contributed by atoms with Crippen LogP contribution < -0.4 is 31.3 Å². The van der Waals surface area contributed by atoms with Gasteiger partial charge in [0.15, 0.2) is 0 Å². The van der Waals surface area contributed by atoms with Crippen LogP contribution in [0.25, 0.3) is 0 Å².